The van der Waals surface area contributed by atoms with Crippen molar-refractivity contribution in [3.63, 3.8) is 0 Å². The van der Waals surface area contributed by atoms with Crippen LogP contribution in [-0.2, 0) is 10.5 Å². The average Bonchev–Trinajstić information content (AvgIpc) is 3.59. The van der Waals surface area contributed by atoms with Crippen LogP contribution in [0.4, 0.5) is 11.8 Å². The summed E-state index contributed by atoms with van der Waals surface area (Å²) in [6.07, 6.45) is 3.93. The van der Waals surface area contributed by atoms with E-state index in [1.165, 1.54) is 4.88 Å². The zero-order chi connectivity index (χ0) is 29.9. The van der Waals surface area contributed by atoms with Gasteiger partial charge in [0.15, 0.2) is 5.82 Å². The fourth-order valence-electron chi connectivity index (χ4n) is 7.35. The number of hydrogen-bond acceptors (Lipinski definition) is 13. The van der Waals surface area contributed by atoms with Crippen molar-refractivity contribution in [3.05, 3.63) is 39.9 Å². The van der Waals surface area contributed by atoms with Crippen molar-refractivity contribution in [2.24, 2.45) is 0 Å². The molecule has 3 N–H and O–H groups in total. The van der Waals surface area contributed by atoms with Gasteiger partial charge >= 0.3 is 6.01 Å². The minimum Gasteiger partial charge on any atom is -0.461 e. The molecule has 3 aromatic heterocycles. The number of nitriles is 1. The molecule has 226 valence electrons. The van der Waals surface area contributed by atoms with Crippen LogP contribution in [0.5, 0.6) is 6.01 Å². The van der Waals surface area contributed by atoms with Crippen molar-refractivity contribution in [2.75, 3.05) is 64.1 Å². The Morgan fingerprint density at radius 3 is 2.86 bits per heavy atom. The number of nitrogens with two attached hydrogens (primary N) is 1. The minimum absolute atomic E-state index is 0.0259. The molecule has 4 aliphatic heterocycles. The monoisotopic (exact) mass is 618 g/mol. The van der Waals surface area contributed by atoms with E-state index in [9.17, 15) is 5.26 Å². The van der Waals surface area contributed by atoms with Gasteiger partial charge in [-0.1, -0.05) is 6.07 Å². The number of ether oxygens (including phenoxy) is 1. The molecule has 1 spiro atoms. The van der Waals surface area contributed by atoms with Gasteiger partial charge < -0.3 is 25.6 Å². The highest BCUT2D eigenvalue weighted by molar-refractivity contribution is 8.00. The molecule has 0 aromatic carbocycles. The molecule has 11 nitrogen and oxygen atoms in total. The predicted molar refractivity (Wildman–Crippen MR) is 170 cm³/mol. The van der Waals surface area contributed by atoms with Crippen LogP contribution in [0.25, 0.3) is 10.7 Å². The largest absolute Gasteiger partial charge is 0.461 e. The van der Waals surface area contributed by atoms with Crippen LogP contribution >= 0.6 is 23.1 Å². The molecule has 7 heterocycles. The third-order valence-electron chi connectivity index (χ3n) is 9.84. The number of fused-ring (bicyclic) bond motifs is 4. The Balaban J connectivity index is 1.29. The standard InChI is InChI=1S/C30H38N10OS2/c1-5-40(18(2)20-7-6-10-34-25(20)32)27-35-26(24-21(11-31)23-22(43-24)13-42-30(23)14-33-15-30)36-28(37-27)41-17-29-9-8-19(39(29)4)12-38(3)16-29/h6-7,10,18-19,33H,5,8-9,12-17H2,1-4H3,(H2,32,34)/t18-,19?,29?/m1/s1. The summed E-state index contributed by atoms with van der Waals surface area (Å²) < 4.78 is 6.50. The third kappa shape index (κ3) is 4.66. The molecule has 3 aromatic rings. The second-order valence-electron chi connectivity index (χ2n) is 12.3. The average molecular weight is 619 g/mol. The van der Waals surface area contributed by atoms with E-state index in [1.807, 2.05) is 23.9 Å². The summed E-state index contributed by atoms with van der Waals surface area (Å²) in [5.74, 6) is 2.38. The van der Waals surface area contributed by atoms with Crippen molar-refractivity contribution in [1.82, 2.24) is 35.1 Å². The summed E-state index contributed by atoms with van der Waals surface area (Å²) in [7, 11) is 4.40. The van der Waals surface area contributed by atoms with Crippen LogP contribution in [0, 0.1) is 11.3 Å². The molecule has 4 aliphatic rings. The number of thioether (sulfide) groups is 1. The highest BCUT2D eigenvalue weighted by atomic mass is 32.2. The SMILES string of the molecule is CCN(c1nc(OCC23CCC(CN(C)C2)N3C)nc(-c2sc3c(c2C#N)C2(CNC2)SC3)n1)[C@H](C)c1cccnc1N. The van der Waals surface area contributed by atoms with E-state index in [2.05, 4.69) is 59.0 Å². The Morgan fingerprint density at radius 1 is 1.30 bits per heavy atom. The number of likely N-dealkylation sites (tertiary alicyclic amines) is 1. The summed E-state index contributed by atoms with van der Waals surface area (Å²) in [5, 5.41) is 13.8. The molecule has 3 atom stereocenters. The van der Waals surface area contributed by atoms with Crippen molar-refractivity contribution in [1.29, 1.82) is 5.26 Å². The van der Waals surface area contributed by atoms with Gasteiger partial charge in [-0.25, -0.2) is 4.98 Å². The van der Waals surface area contributed by atoms with Gasteiger partial charge in [-0.15, -0.1) is 23.1 Å². The van der Waals surface area contributed by atoms with Crippen LogP contribution in [0.1, 0.15) is 54.3 Å². The minimum atomic E-state index is -0.140. The van der Waals surface area contributed by atoms with Crippen molar-refractivity contribution >= 4 is 34.9 Å². The predicted octanol–water partition coefficient (Wildman–Crippen LogP) is 3.24. The quantitative estimate of drug-likeness (QED) is 0.384. The third-order valence-corrected chi connectivity index (χ3v) is 12.7. The number of piperazine rings is 1. The van der Waals surface area contributed by atoms with Crippen molar-refractivity contribution < 1.29 is 4.74 Å². The van der Waals surface area contributed by atoms with Crippen LogP contribution in [0.15, 0.2) is 18.3 Å². The number of anilines is 2. The van der Waals surface area contributed by atoms with Gasteiger partial charge in [0.25, 0.3) is 0 Å². The molecule has 3 fully saturated rings. The number of aromatic nitrogens is 4. The number of nitrogen functional groups attached to an aromatic ring is 1. The maximum atomic E-state index is 10.4. The fraction of sp³-hybridized carbons (Fsp3) is 0.567. The van der Waals surface area contributed by atoms with Gasteiger partial charge in [0.1, 0.15) is 18.5 Å². The van der Waals surface area contributed by atoms with Gasteiger partial charge in [-0.05, 0) is 46.9 Å². The molecule has 43 heavy (non-hydrogen) atoms. The van der Waals surface area contributed by atoms with E-state index in [0.29, 0.717) is 42.3 Å². The summed E-state index contributed by atoms with van der Waals surface area (Å²) in [6, 6.07) is 7.09. The highest BCUT2D eigenvalue weighted by Gasteiger charge is 2.50. The Kier molecular flexibility index (Phi) is 7.25. The van der Waals surface area contributed by atoms with Gasteiger partial charge in [0.2, 0.25) is 5.95 Å². The lowest BCUT2D eigenvalue weighted by Crippen LogP contribution is -2.61. The molecule has 3 saturated heterocycles. The molecule has 0 aliphatic carbocycles. The molecular weight excluding hydrogens is 581 g/mol. The lowest BCUT2D eigenvalue weighted by atomic mass is 9.89. The first kappa shape index (κ1) is 28.7. The van der Waals surface area contributed by atoms with E-state index in [4.69, 9.17) is 25.4 Å². The zero-order valence-electron chi connectivity index (χ0n) is 25.1. The molecule has 2 bridgehead atoms. The smallest absolute Gasteiger partial charge is 0.321 e. The summed E-state index contributed by atoms with van der Waals surface area (Å²) in [5.41, 5.74) is 8.95. The van der Waals surface area contributed by atoms with Crippen molar-refractivity contribution in [2.45, 2.75) is 54.8 Å². The Bertz CT molecular complexity index is 1590. The molecule has 2 unspecified atom stereocenters. The van der Waals surface area contributed by atoms with E-state index in [1.54, 1.807) is 17.5 Å². The van der Waals surface area contributed by atoms with Gasteiger partial charge in [0.05, 0.1) is 26.8 Å². The van der Waals surface area contributed by atoms with Crippen LogP contribution in [-0.4, -0.2) is 94.7 Å². The number of likely N-dealkylation sites (N-methyl/N-ethyl adjacent to an activating group) is 2. The van der Waals surface area contributed by atoms with Gasteiger partial charge in [-0.3, -0.25) is 4.90 Å². The maximum Gasteiger partial charge on any atom is 0.321 e. The molecule has 0 saturated carbocycles. The second-order valence-corrected chi connectivity index (χ2v) is 14.8. The Morgan fingerprint density at radius 2 is 2.14 bits per heavy atom. The lowest BCUT2D eigenvalue weighted by molar-refractivity contribution is -0.000689. The molecule has 13 heteroatoms. The first-order chi connectivity index (χ1) is 20.8. The second kappa shape index (κ2) is 10.9. The van der Waals surface area contributed by atoms with Crippen LogP contribution in [0.2, 0.25) is 0 Å². The highest BCUT2D eigenvalue weighted by Crippen LogP contribution is 2.56. The number of thiophene rings is 1. The molecule has 0 radical (unpaired) electrons. The molecule has 0 amide bonds. The lowest BCUT2D eigenvalue weighted by Gasteiger charge is -2.45. The van der Waals surface area contributed by atoms with Crippen LogP contribution < -0.4 is 20.7 Å². The summed E-state index contributed by atoms with van der Waals surface area (Å²) in [6.45, 7) is 9.05. The first-order valence-electron chi connectivity index (χ1n) is 15.0. The molecular formula is C30H38N10OS2. The summed E-state index contributed by atoms with van der Waals surface area (Å²) in [4.78, 5) is 28.1. The maximum absolute atomic E-state index is 10.4. The number of nitrogens with one attached hydrogen (secondary N) is 1. The van der Waals surface area contributed by atoms with E-state index >= 15 is 0 Å². The number of rotatable bonds is 8. The normalized spacial score (nSPS) is 24.9. The topological polar surface area (TPSA) is 132 Å². The zero-order valence-corrected chi connectivity index (χ0v) is 26.8. The summed E-state index contributed by atoms with van der Waals surface area (Å²) >= 11 is 3.57. The van der Waals surface area contributed by atoms with Crippen molar-refractivity contribution in [3.8, 4) is 22.8 Å². The van der Waals surface area contributed by atoms with E-state index in [0.717, 1.165) is 60.8 Å². The van der Waals surface area contributed by atoms with Crippen LogP contribution in [0.3, 0.4) is 0 Å². The molecule has 7 rings (SSSR count). The van der Waals surface area contributed by atoms with E-state index < -0.39 is 0 Å². The number of nitrogens with zero attached hydrogens (tertiary/aromatic N) is 8. The fourth-order valence-corrected chi connectivity index (χ4v) is 10.2. The van der Waals surface area contributed by atoms with E-state index in [-0.39, 0.29) is 22.3 Å². The Labute approximate surface area is 260 Å². The number of hydrogen-bond donors (Lipinski definition) is 2. The van der Waals surface area contributed by atoms with Gasteiger partial charge in [0, 0.05) is 66.7 Å². The number of pyridine rings is 1. The first-order valence-corrected chi connectivity index (χ1v) is 16.8. The Hall–Kier alpha value is -3.02. The van der Waals surface area contributed by atoms with Gasteiger partial charge in [-0.2, -0.15) is 20.2 Å².